The molecule has 138 valence electrons. The Hall–Kier alpha value is -2.83. The van der Waals surface area contributed by atoms with E-state index >= 15 is 0 Å². The predicted molar refractivity (Wildman–Crippen MR) is 92.2 cm³/mol. The lowest BCUT2D eigenvalue weighted by Gasteiger charge is -2.33. The summed E-state index contributed by atoms with van der Waals surface area (Å²) in [6.07, 6.45) is -4.64. The Morgan fingerprint density at radius 1 is 0.808 bits per heavy atom. The third-order valence-electron chi connectivity index (χ3n) is 4.43. The van der Waals surface area contributed by atoms with E-state index in [4.69, 9.17) is 0 Å². The van der Waals surface area contributed by atoms with Gasteiger partial charge in [-0.25, -0.2) is 0 Å². The van der Waals surface area contributed by atoms with Crippen molar-refractivity contribution in [3.05, 3.63) is 70.8 Å². The van der Waals surface area contributed by atoms with Gasteiger partial charge in [0.05, 0.1) is 0 Å². The van der Waals surface area contributed by atoms with Crippen molar-refractivity contribution in [3.8, 4) is 0 Å². The highest BCUT2D eigenvalue weighted by atomic mass is 19.4. The fourth-order valence-corrected chi connectivity index (χ4v) is 2.73. The Labute approximate surface area is 149 Å². The van der Waals surface area contributed by atoms with Crippen molar-refractivity contribution in [3.63, 3.8) is 0 Å². The molecule has 0 aliphatic heterocycles. The van der Waals surface area contributed by atoms with Gasteiger partial charge in [0.1, 0.15) is 5.41 Å². The van der Waals surface area contributed by atoms with Crippen molar-refractivity contribution in [2.45, 2.75) is 18.5 Å². The minimum Gasteiger partial charge on any atom is -0.355 e. The van der Waals surface area contributed by atoms with Crippen LogP contribution < -0.4 is 10.6 Å². The lowest BCUT2D eigenvalue weighted by molar-refractivity contribution is -0.173. The molecule has 0 fully saturated rings. The van der Waals surface area contributed by atoms with E-state index in [-0.39, 0.29) is 22.3 Å². The van der Waals surface area contributed by atoms with E-state index in [1.807, 2.05) is 0 Å². The van der Waals surface area contributed by atoms with E-state index in [0.717, 1.165) is 6.92 Å². The van der Waals surface area contributed by atoms with Gasteiger partial charge in [0.15, 0.2) is 0 Å². The molecule has 0 atom stereocenters. The van der Waals surface area contributed by atoms with Crippen LogP contribution >= 0.6 is 0 Å². The maximum absolute atomic E-state index is 14.1. The van der Waals surface area contributed by atoms with Crippen molar-refractivity contribution in [2.24, 2.45) is 0 Å². The highest BCUT2D eigenvalue weighted by molar-refractivity contribution is 5.95. The second-order valence-corrected chi connectivity index (χ2v) is 5.94. The van der Waals surface area contributed by atoms with Crippen LogP contribution in [-0.2, 0) is 5.41 Å². The molecule has 2 rings (SSSR count). The molecular weight excluding hydrogens is 345 g/mol. The Kier molecular flexibility index (Phi) is 5.39. The molecule has 0 bridgehead atoms. The fraction of sp³-hybridized carbons (Fsp3) is 0.263. The summed E-state index contributed by atoms with van der Waals surface area (Å²) in [5.41, 5.74) is -2.30. The van der Waals surface area contributed by atoms with Crippen LogP contribution in [0.2, 0.25) is 0 Å². The summed E-state index contributed by atoms with van der Waals surface area (Å²) in [6, 6.07) is 10.8. The predicted octanol–water partition coefficient (Wildman–Crippen LogP) is 3.27. The molecule has 2 aromatic rings. The molecule has 7 heteroatoms. The number of amides is 2. The third kappa shape index (κ3) is 3.42. The van der Waals surface area contributed by atoms with Crippen LogP contribution in [0.1, 0.15) is 38.8 Å². The molecule has 0 saturated heterocycles. The minimum absolute atomic E-state index is 0.0832. The normalized spacial score (nSPS) is 11.8. The molecule has 0 aliphatic rings. The number of halogens is 3. The third-order valence-corrected chi connectivity index (χ3v) is 4.43. The van der Waals surface area contributed by atoms with Crippen LogP contribution in [0.15, 0.2) is 48.5 Å². The van der Waals surface area contributed by atoms with Gasteiger partial charge in [-0.1, -0.05) is 24.3 Å². The summed E-state index contributed by atoms with van der Waals surface area (Å²) in [5.74, 6) is -0.953. The zero-order chi connectivity index (χ0) is 19.5. The van der Waals surface area contributed by atoms with Gasteiger partial charge < -0.3 is 10.6 Å². The van der Waals surface area contributed by atoms with Crippen molar-refractivity contribution in [2.75, 3.05) is 14.1 Å². The first-order valence-electron chi connectivity index (χ1n) is 7.87. The second kappa shape index (κ2) is 7.19. The first-order valence-corrected chi connectivity index (χ1v) is 7.87. The summed E-state index contributed by atoms with van der Waals surface area (Å²) >= 11 is 0. The smallest absolute Gasteiger partial charge is 0.355 e. The lowest BCUT2D eigenvalue weighted by atomic mass is 9.74. The van der Waals surface area contributed by atoms with Crippen LogP contribution in [0.3, 0.4) is 0 Å². The summed E-state index contributed by atoms with van der Waals surface area (Å²) in [6.45, 7) is 1.04. The average Bonchev–Trinajstić information content (AvgIpc) is 2.65. The van der Waals surface area contributed by atoms with Gasteiger partial charge >= 0.3 is 6.18 Å². The number of hydrogen-bond donors (Lipinski definition) is 2. The molecule has 0 radical (unpaired) electrons. The van der Waals surface area contributed by atoms with Gasteiger partial charge in [0, 0.05) is 25.2 Å². The topological polar surface area (TPSA) is 58.2 Å². The van der Waals surface area contributed by atoms with Crippen LogP contribution in [-0.4, -0.2) is 32.1 Å². The minimum atomic E-state index is -4.64. The van der Waals surface area contributed by atoms with Crippen LogP contribution in [0, 0.1) is 0 Å². The van der Waals surface area contributed by atoms with Gasteiger partial charge in [-0.15, -0.1) is 0 Å². The molecule has 2 amide bonds. The first-order chi connectivity index (χ1) is 12.1. The highest BCUT2D eigenvalue weighted by Crippen LogP contribution is 2.46. The van der Waals surface area contributed by atoms with Crippen LogP contribution in [0.5, 0.6) is 0 Å². The maximum atomic E-state index is 14.1. The van der Waals surface area contributed by atoms with Gasteiger partial charge in [0.25, 0.3) is 11.8 Å². The van der Waals surface area contributed by atoms with E-state index in [1.54, 1.807) is 0 Å². The van der Waals surface area contributed by atoms with Crippen LogP contribution in [0.4, 0.5) is 13.2 Å². The molecule has 0 unspecified atom stereocenters. The number of carbonyl (C=O) groups is 2. The number of benzene rings is 2. The molecule has 4 nitrogen and oxygen atoms in total. The van der Waals surface area contributed by atoms with E-state index in [1.165, 1.54) is 62.6 Å². The summed E-state index contributed by atoms with van der Waals surface area (Å²) in [7, 11) is 2.82. The molecule has 2 aromatic carbocycles. The Morgan fingerprint density at radius 2 is 1.19 bits per heavy atom. The molecule has 0 aliphatic carbocycles. The van der Waals surface area contributed by atoms with Crippen molar-refractivity contribution >= 4 is 11.8 Å². The number of rotatable bonds is 4. The second-order valence-electron chi connectivity index (χ2n) is 5.94. The zero-order valence-electron chi connectivity index (χ0n) is 14.6. The van der Waals surface area contributed by atoms with Crippen molar-refractivity contribution < 1.29 is 22.8 Å². The Morgan fingerprint density at radius 3 is 1.50 bits per heavy atom. The molecule has 26 heavy (non-hydrogen) atoms. The number of hydrogen-bond acceptors (Lipinski definition) is 2. The van der Waals surface area contributed by atoms with Crippen molar-refractivity contribution in [1.29, 1.82) is 0 Å². The number of alkyl halides is 3. The number of carbonyl (C=O) groups excluding carboxylic acids is 2. The SMILES string of the molecule is CNC(=O)c1cccc(C(C)(c2cccc(C(=O)NC)c2)C(F)(F)F)c1. The molecule has 0 aromatic heterocycles. The summed E-state index contributed by atoms with van der Waals surface area (Å²) in [5, 5.41) is 4.79. The molecule has 2 N–H and O–H groups in total. The van der Waals surface area contributed by atoms with E-state index in [2.05, 4.69) is 10.6 Å². The summed E-state index contributed by atoms with van der Waals surface area (Å²) in [4.78, 5) is 23.6. The zero-order valence-corrected chi connectivity index (χ0v) is 14.6. The molecular formula is C19H19F3N2O2. The standard InChI is InChI=1S/C19H19F3N2O2/c1-18(19(20,21)22,14-8-4-6-12(10-14)16(25)23-2)15-9-5-7-13(11-15)17(26)24-3/h4-11H,1-3H3,(H,23,25)(H,24,26). The number of nitrogens with one attached hydrogen (secondary N) is 2. The molecule has 0 saturated carbocycles. The fourth-order valence-electron chi connectivity index (χ4n) is 2.73. The summed E-state index contributed by atoms with van der Waals surface area (Å²) < 4.78 is 42.3. The van der Waals surface area contributed by atoms with E-state index < -0.39 is 23.4 Å². The molecule has 0 spiro atoms. The molecule has 0 heterocycles. The van der Waals surface area contributed by atoms with Crippen molar-refractivity contribution in [1.82, 2.24) is 10.6 Å². The lowest BCUT2D eigenvalue weighted by Crippen LogP contribution is -2.41. The van der Waals surface area contributed by atoms with Gasteiger partial charge in [-0.3, -0.25) is 9.59 Å². The van der Waals surface area contributed by atoms with Gasteiger partial charge in [0.2, 0.25) is 0 Å². The Bertz CT molecular complexity index is 772. The van der Waals surface area contributed by atoms with E-state index in [0.29, 0.717) is 0 Å². The Balaban J connectivity index is 2.68. The van der Waals surface area contributed by atoms with Gasteiger partial charge in [-0.05, 0) is 42.3 Å². The van der Waals surface area contributed by atoms with E-state index in [9.17, 15) is 22.8 Å². The monoisotopic (exact) mass is 364 g/mol. The largest absolute Gasteiger partial charge is 0.402 e. The average molecular weight is 364 g/mol. The van der Waals surface area contributed by atoms with Gasteiger partial charge in [-0.2, -0.15) is 13.2 Å². The first kappa shape index (κ1) is 19.5. The highest BCUT2D eigenvalue weighted by Gasteiger charge is 2.53. The maximum Gasteiger partial charge on any atom is 0.402 e. The van der Waals surface area contributed by atoms with Crippen LogP contribution in [0.25, 0.3) is 0 Å². The quantitative estimate of drug-likeness (QED) is 0.875.